The van der Waals surface area contributed by atoms with Crippen molar-refractivity contribution in [1.82, 2.24) is 30.0 Å². The summed E-state index contributed by atoms with van der Waals surface area (Å²) in [5.74, 6) is 1.05. The Kier molecular flexibility index (Phi) is 3.64. The highest BCUT2D eigenvalue weighted by Crippen LogP contribution is 2.29. The van der Waals surface area contributed by atoms with Gasteiger partial charge >= 0.3 is 0 Å². The van der Waals surface area contributed by atoms with Crippen LogP contribution in [0.15, 0.2) is 58.0 Å². The molecule has 0 saturated carbocycles. The van der Waals surface area contributed by atoms with Crippen molar-refractivity contribution in [3.63, 3.8) is 0 Å². The first kappa shape index (κ1) is 16.2. The smallest absolute Gasteiger partial charge is 0.254 e. The highest BCUT2D eigenvalue weighted by Gasteiger charge is 2.18. The molecular formula is C19H14N6O3. The van der Waals surface area contributed by atoms with E-state index in [1.54, 1.807) is 35.8 Å². The van der Waals surface area contributed by atoms with Gasteiger partial charge in [0.1, 0.15) is 18.1 Å². The summed E-state index contributed by atoms with van der Waals surface area (Å²) in [6.45, 7) is 1.89. The van der Waals surface area contributed by atoms with Crippen molar-refractivity contribution < 1.29 is 9.26 Å². The number of aryl methyl sites for hydroxylation is 1. The van der Waals surface area contributed by atoms with Gasteiger partial charge in [0.15, 0.2) is 11.3 Å². The van der Waals surface area contributed by atoms with Gasteiger partial charge in [0.25, 0.3) is 5.56 Å². The average Bonchev–Trinajstić information content (AvgIpc) is 3.33. The van der Waals surface area contributed by atoms with Crippen molar-refractivity contribution in [2.24, 2.45) is 0 Å². The minimum absolute atomic E-state index is 0.0866. The zero-order chi connectivity index (χ0) is 19.1. The van der Waals surface area contributed by atoms with E-state index < -0.39 is 0 Å². The first-order valence-corrected chi connectivity index (χ1v) is 8.58. The van der Waals surface area contributed by atoms with Crippen LogP contribution in [-0.2, 0) is 6.61 Å². The highest BCUT2D eigenvalue weighted by atomic mass is 16.5. The zero-order valence-corrected chi connectivity index (χ0v) is 14.8. The number of ether oxygens (including phenoxy) is 1. The summed E-state index contributed by atoms with van der Waals surface area (Å²) in [5.41, 5.74) is 2.61. The number of para-hydroxylation sites is 1. The standard InChI is InChI=1S/C19H14N6O3/c1-11-9-14(23-28-11)16-17-21-19(27-10-12-5-4-8-20-18(12)26)13-6-2-3-7-15(13)25(17)24-22-16/h2-9H,10H2,1H3,(H,20,26). The van der Waals surface area contributed by atoms with Gasteiger partial charge in [-0.05, 0) is 31.2 Å². The van der Waals surface area contributed by atoms with Gasteiger partial charge in [0.05, 0.1) is 16.5 Å². The molecule has 5 aromatic rings. The van der Waals surface area contributed by atoms with E-state index in [-0.39, 0.29) is 12.2 Å². The Morgan fingerprint density at radius 2 is 2.11 bits per heavy atom. The van der Waals surface area contributed by atoms with Crippen molar-refractivity contribution in [1.29, 1.82) is 0 Å². The van der Waals surface area contributed by atoms with Gasteiger partial charge < -0.3 is 14.2 Å². The molecule has 0 amide bonds. The maximum atomic E-state index is 11.9. The van der Waals surface area contributed by atoms with E-state index in [2.05, 4.69) is 25.4 Å². The molecule has 4 heterocycles. The lowest BCUT2D eigenvalue weighted by molar-refractivity contribution is 0.297. The lowest BCUT2D eigenvalue weighted by Crippen LogP contribution is -2.14. The van der Waals surface area contributed by atoms with Gasteiger partial charge in [-0.25, -0.2) is 0 Å². The molecule has 0 atom stereocenters. The van der Waals surface area contributed by atoms with Crippen LogP contribution >= 0.6 is 0 Å². The minimum Gasteiger partial charge on any atom is -0.472 e. The summed E-state index contributed by atoms with van der Waals surface area (Å²) in [4.78, 5) is 19.2. The fourth-order valence-electron chi connectivity index (χ4n) is 3.01. The molecule has 9 nitrogen and oxygen atoms in total. The van der Waals surface area contributed by atoms with Crippen LogP contribution in [0.4, 0.5) is 0 Å². The van der Waals surface area contributed by atoms with E-state index in [4.69, 9.17) is 9.26 Å². The predicted molar refractivity (Wildman–Crippen MR) is 99.9 cm³/mol. The number of nitrogens with one attached hydrogen (secondary N) is 1. The van der Waals surface area contributed by atoms with Crippen LogP contribution in [0.25, 0.3) is 27.9 Å². The lowest BCUT2D eigenvalue weighted by atomic mass is 10.2. The number of fused-ring (bicyclic) bond motifs is 3. The molecule has 4 aromatic heterocycles. The second kappa shape index (κ2) is 6.31. The number of pyridine rings is 1. The number of H-pyrrole nitrogens is 1. The third-order valence-corrected chi connectivity index (χ3v) is 4.35. The molecule has 0 aliphatic carbocycles. The van der Waals surface area contributed by atoms with Crippen LogP contribution in [0.3, 0.4) is 0 Å². The summed E-state index contributed by atoms with van der Waals surface area (Å²) >= 11 is 0. The summed E-state index contributed by atoms with van der Waals surface area (Å²) in [7, 11) is 0. The third kappa shape index (κ3) is 2.60. The highest BCUT2D eigenvalue weighted by molar-refractivity contribution is 5.88. The fraction of sp³-hybridized carbons (Fsp3) is 0.105. The fourth-order valence-corrected chi connectivity index (χ4v) is 3.01. The number of rotatable bonds is 4. The molecule has 5 rings (SSSR count). The SMILES string of the molecule is Cc1cc(-c2nnn3c2nc(OCc2ccc[nH]c2=O)c2ccccc23)no1. The van der Waals surface area contributed by atoms with E-state index in [1.807, 2.05) is 24.3 Å². The minimum atomic E-state index is -0.197. The summed E-state index contributed by atoms with van der Waals surface area (Å²) in [5, 5.41) is 13.2. The lowest BCUT2D eigenvalue weighted by Gasteiger charge is -2.09. The summed E-state index contributed by atoms with van der Waals surface area (Å²) < 4.78 is 12.7. The second-order valence-electron chi connectivity index (χ2n) is 6.24. The van der Waals surface area contributed by atoms with Gasteiger partial charge in [-0.3, -0.25) is 4.79 Å². The van der Waals surface area contributed by atoms with Crippen LogP contribution in [0.1, 0.15) is 11.3 Å². The van der Waals surface area contributed by atoms with E-state index in [9.17, 15) is 4.79 Å². The Labute approximate surface area is 157 Å². The van der Waals surface area contributed by atoms with Gasteiger partial charge in [0.2, 0.25) is 5.88 Å². The molecule has 0 aliphatic rings. The quantitative estimate of drug-likeness (QED) is 0.514. The zero-order valence-electron chi connectivity index (χ0n) is 14.8. The Bertz CT molecular complexity index is 1370. The van der Waals surface area contributed by atoms with E-state index in [1.165, 1.54) is 0 Å². The second-order valence-corrected chi connectivity index (χ2v) is 6.24. The van der Waals surface area contributed by atoms with Crippen molar-refractivity contribution >= 4 is 16.6 Å². The summed E-state index contributed by atoms with van der Waals surface area (Å²) in [6.07, 6.45) is 1.58. The largest absolute Gasteiger partial charge is 0.472 e. The molecule has 138 valence electrons. The Morgan fingerprint density at radius 3 is 2.93 bits per heavy atom. The maximum Gasteiger partial charge on any atom is 0.254 e. The average molecular weight is 374 g/mol. The topological polar surface area (TPSA) is 111 Å². The van der Waals surface area contributed by atoms with E-state index in [0.717, 1.165) is 10.9 Å². The molecule has 0 spiro atoms. The molecular weight excluding hydrogens is 360 g/mol. The molecule has 1 N–H and O–H groups in total. The Balaban J connectivity index is 1.66. The van der Waals surface area contributed by atoms with Gasteiger partial charge in [-0.2, -0.15) is 9.50 Å². The van der Waals surface area contributed by atoms with Crippen molar-refractivity contribution in [3.8, 4) is 17.3 Å². The molecule has 0 fully saturated rings. The van der Waals surface area contributed by atoms with Crippen molar-refractivity contribution in [2.45, 2.75) is 13.5 Å². The van der Waals surface area contributed by atoms with E-state index in [0.29, 0.717) is 34.2 Å². The third-order valence-electron chi connectivity index (χ3n) is 4.35. The molecule has 0 bridgehead atoms. The predicted octanol–water partition coefficient (Wildman–Crippen LogP) is 2.51. The molecule has 0 saturated heterocycles. The number of aromatic amines is 1. The van der Waals surface area contributed by atoms with Crippen LogP contribution < -0.4 is 10.3 Å². The number of nitrogens with zero attached hydrogens (tertiary/aromatic N) is 5. The number of hydrogen-bond donors (Lipinski definition) is 1. The first-order chi connectivity index (χ1) is 13.7. The van der Waals surface area contributed by atoms with Gasteiger partial charge in [0, 0.05) is 12.3 Å². The number of aromatic nitrogens is 6. The Morgan fingerprint density at radius 1 is 1.21 bits per heavy atom. The normalized spacial score (nSPS) is 11.3. The maximum absolute atomic E-state index is 11.9. The van der Waals surface area contributed by atoms with Gasteiger partial charge in [-0.15, -0.1) is 5.10 Å². The Hall–Kier alpha value is -4.01. The van der Waals surface area contributed by atoms with Crippen LogP contribution in [0, 0.1) is 6.92 Å². The van der Waals surface area contributed by atoms with Gasteiger partial charge in [-0.1, -0.05) is 22.5 Å². The van der Waals surface area contributed by atoms with Crippen LogP contribution in [0.5, 0.6) is 5.88 Å². The first-order valence-electron chi connectivity index (χ1n) is 8.58. The monoisotopic (exact) mass is 374 g/mol. The molecule has 0 radical (unpaired) electrons. The van der Waals surface area contributed by atoms with Crippen LogP contribution in [0.2, 0.25) is 0 Å². The molecule has 0 unspecified atom stereocenters. The number of hydrogen-bond acceptors (Lipinski definition) is 7. The molecule has 0 aliphatic heterocycles. The summed E-state index contributed by atoms with van der Waals surface area (Å²) in [6, 6.07) is 12.8. The number of benzene rings is 1. The molecule has 28 heavy (non-hydrogen) atoms. The molecule has 9 heteroatoms. The molecule has 1 aromatic carbocycles. The van der Waals surface area contributed by atoms with Crippen molar-refractivity contribution in [2.75, 3.05) is 0 Å². The van der Waals surface area contributed by atoms with Crippen molar-refractivity contribution in [3.05, 3.63) is 70.3 Å². The van der Waals surface area contributed by atoms with E-state index >= 15 is 0 Å². The van der Waals surface area contributed by atoms with Crippen LogP contribution in [-0.4, -0.2) is 30.0 Å².